The highest BCUT2D eigenvalue weighted by atomic mass is 32.2. The summed E-state index contributed by atoms with van der Waals surface area (Å²) in [6, 6.07) is 10.9. The van der Waals surface area contributed by atoms with Crippen molar-refractivity contribution in [3.8, 4) is 0 Å². The quantitative estimate of drug-likeness (QED) is 0.837. The molecule has 1 amide bonds. The van der Waals surface area contributed by atoms with E-state index in [4.69, 9.17) is 4.52 Å². The number of nitrogens with zero attached hydrogens (tertiary/aromatic N) is 1. The van der Waals surface area contributed by atoms with E-state index in [1.54, 1.807) is 13.0 Å². The highest BCUT2D eigenvalue weighted by Crippen LogP contribution is 2.12. The van der Waals surface area contributed by atoms with Crippen molar-refractivity contribution in [2.75, 3.05) is 5.75 Å². The van der Waals surface area contributed by atoms with Gasteiger partial charge in [-0.25, -0.2) is 8.42 Å². The van der Waals surface area contributed by atoms with Gasteiger partial charge in [0.25, 0.3) is 0 Å². The Bertz CT molecular complexity index is 753. The molecule has 1 heterocycles. The maximum absolute atomic E-state index is 12.0. The molecule has 23 heavy (non-hydrogen) atoms. The van der Waals surface area contributed by atoms with Crippen molar-refractivity contribution in [3.05, 3.63) is 53.4 Å². The number of rotatable bonds is 7. The van der Waals surface area contributed by atoms with Crippen LogP contribution in [0.3, 0.4) is 0 Å². The fourth-order valence-corrected chi connectivity index (χ4v) is 3.40. The van der Waals surface area contributed by atoms with Crippen LogP contribution in [0.25, 0.3) is 0 Å². The zero-order valence-electron chi connectivity index (χ0n) is 13.2. The van der Waals surface area contributed by atoms with Crippen LogP contribution in [-0.4, -0.2) is 25.2 Å². The summed E-state index contributed by atoms with van der Waals surface area (Å²) < 4.78 is 28.9. The molecule has 2 rings (SSSR count). The van der Waals surface area contributed by atoms with Crippen LogP contribution in [0.4, 0.5) is 0 Å². The Kier molecular flexibility index (Phi) is 5.54. The summed E-state index contributed by atoms with van der Waals surface area (Å²) in [5, 5.41) is 6.46. The maximum atomic E-state index is 12.0. The van der Waals surface area contributed by atoms with Crippen LogP contribution in [0.2, 0.25) is 0 Å². The third-order valence-electron chi connectivity index (χ3n) is 3.36. The molecule has 1 N–H and O–H groups in total. The fourth-order valence-electron chi connectivity index (χ4n) is 2.17. The molecule has 0 bridgehead atoms. The number of benzene rings is 1. The third-order valence-corrected chi connectivity index (χ3v) is 4.92. The first-order valence-electron chi connectivity index (χ1n) is 7.32. The van der Waals surface area contributed by atoms with Crippen molar-refractivity contribution >= 4 is 15.7 Å². The fraction of sp³-hybridized carbons (Fsp3) is 0.375. The molecule has 0 saturated carbocycles. The number of aromatic nitrogens is 1. The molecule has 1 aromatic carbocycles. The van der Waals surface area contributed by atoms with Crippen molar-refractivity contribution < 1.29 is 17.7 Å². The minimum Gasteiger partial charge on any atom is -0.361 e. The monoisotopic (exact) mass is 336 g/mol. The van der Waals surface area contributed by atoms with Gasteiger partial charge in [-0.2, -0.15) is 0 Å². The first kappa shape index (κ1) is 17.2. The van der Waals surface area contributed by atoms with Gasteiger partial charge < -0.3 is 9.84 Å². The highest BCUT2D eigenvalue weighted by molar-refractivity contribution is 7.90. The SMILES string of the molecule is Cc1cc(CS(=O)(=O)CCC(=O)N[C@@H](C)c2ccccc2)no1. The zero-order valence-corrected chi connectivity index (χ0v) is 14.0. The third kappa shape index (κ3) is 5.52. The van der Waals surface area contributed by atoms with E-state index in [9.17, 15) is 13.2 Å². The van der Waals surface area contributed by atoms with Gasteiger partial charge in [-0.3, -0.25) is 4.79 Å². The molecule has 0 aliphatic rings. The lowest BCUT2D eigenvalue weighted by atomic mass is 10.1. The zero-order chi connectivity index (χ0) is 16.9. The largest absolute Gasteiger partial charge is 0.361 e. The van der Waals surface area contributed by atoms with Gasteiger partial charge in [-0.15, -0.1) is 0 Å². The smallest absolute Gasteiger partial charge is 0.221 e. The second-order valence-electron chi connectivity index (χ2n) is 5.47. The molecule has 0 aliphatic carbocycles. The number of carbonyl (C=O) groups excluding carboxylic acids is 1. The number of carbonyl (C=O) groups is 1. The molecule has 0 fully saturated rings. The average molecular weight is 336 g/mol. The summed E-state index contributed by atoms with van der Waals surface area (Å²) in [5.74, 6) is -0.163. The van der Waals surface area contributed by atoms with E-state index < -0.39 is 9.84 Å². The molecule has 0 aliphatic heterocycles. The van der Waals surface area contributed by atoms with Gasteiger partial charge >= 0.3 is 0 Å². The van der Waals surface area contributed by atoms with Crippen molar-refractivity contribution in [1.82, 2.24) is 10.5 Å². The molecule has 7 heteroatoms. The minimum atomic E-state index is -3.40. The second-order valence-corrected chi connectivity index (χ2v) is 7.65. The van der Waals surface area contributed by atoms with Gasteiger partial charge in [0.05, 0.1) is 23.2 Å². The number of hydrogen-bond acceptors (Lipinski definition) is 5. The first-order chi connectivity index (χ1) is 10.9. The molecule has 0 spiro atoms. The molecule has 1 atom stereocenters. The van der Waals surface area contributed by atoms with E-state index in [1.807, 2.05) is 37.3 Å². The number of sulfone groups is 1. The van der Waals surface area contributed by atoms with Gasteiger partial charge in [0.2, 0.25) is 5.91 Å². The lowest BCUT2D eigenvalue weighted by Gasteiger charge is -2.14. The van der Waals surface area contributed by atoms with E-state index in [1.165, 1.54) is 0 Å². The van der Waals surface area contributed by atoms with Gasteiger partial charge in [-0.05, 0) is 19.4 Å². The molecule has 2 aromatic rings. The van der Waals surface area contributed by atoms with Crippen molar-refractivity contribution in [1.29, 1.82) is 0 Å². The summed E-state index contributed by atoms with van der Waals surface area (Å²) in [6.45, 7) is 3.56. The lowest BCUT2D eigenvalue weighted by molar-refractivity contribution is -0.121. The van der Waals surface area contributed by atoms with Gasteiger partial charge in [0, 0.05) is 12.5 Å². The predicted molar refractivity (Wildman–Crippen MR) is 86.3 cm³/mol. The Morgan fingerprint density at radius 1 is 1.30 bits per heavy atom. The number of amides is 1. The van der Waals surface area contributed by atoms with Crippen LogP contribution in [0.1, 0.15) is 36.4 Å². The van der Waals surface area contributed by atoms with Crippen LogP contribution in [-0.2, 0) is 20.4 Å². The molecule has 0 unspecified atom stereocenters. The highest BCUT2D eigenvalue weighted by Gasteiger charge is 2.18. The Morgan fingerprint density at radius 3 is 2.61 bits per heavy atom. The summed E-state index contributed by atoms with van der Waals surface area (Å²) in [5.41, 5.74) is 1.34. The van der Waals surface area contributed by atoms with Gasteiger partial charge in [0.1, 0.15) is 5.76 Å². The first-order valence-corrected chi connectivity index (χ1v) is 9.15. The van der Waals surface area contributed by atoms with Crippen LogP contribution in [0, 0.1) is 6.92 Å². The minimum absolute atomic E-state index is 0.0731. The maximum Gasteiger partial charge on any atom is 0.221 e. The molecule has 124 valence electrons. The van der Waals surface area contributed by atoms with Crippen molar-refractivity contribution in [2.24, 2.45) is 0 Å². The molecular weight excluding hydrogens is 316 g/mol. The van der Waals surface area contributed by atoms with Gasteiger partial charge in [0.15, 0.2) is 9.84 Å². The average Bonchev–Trinajstić information content (AvgIpc) is 2.90. The summed E-state index contributed by atoms with van der Waals surface area (Å²) in [6.07, 6.45) is -0.0731. The normalized spacial score (nSPS) is 12.8. The summed E-state index contributed by atoms with van der Waals surface area (Å²) >= 11 is 0. The Morgan fingerprint density at radius 2 is 2.00 bits per heavy atom. The second kappa shape index (κ2) is 7.41. The van der Waals surface area contributed by atoms with Crippen molar-refractivity contribution in [3.63, 3.8) is 0 Å². The van der Waals surface area contributed by atoms with E-state index in [0.29, 0.717) is 11.5 Å². The van der Waals surface area contributed by atoms with Crippen LogP contribution >= 0.6 is 0 Å². The van der Waals surface area contributed by atoms with Gasteiger partial charge in [-0.1, -0.05) is 35.5 Å². The molecule has 1 aromatic heterocycles. The standard InChI is InChI=1S/C16H20N2O4S/c1-12-10-15(18-22-12)11-23(20,21)9-8-16(19)17-13(2)14-6-4-3-5-7-14/h3-7,10,13H,8-9,11H2,1-2H3,(H,17,19)/t13-/m0/s1. The Hall–Kier alpha value is -2.15. The van der Waals surface area contributed by atoms with Crippen LogP contribution in [0.15, 0.2) is 40.9 Å². The predicted octanol–water partition coefficient (Wildman–Crippen LogP) is 2.17. The van der Waals surface area contributed by atoms with Crippen molar-refractivity contribution in [2.45, 2.75) is 32.1 Å². The van der Waals surface area contributed by atoms with Crippen LogP contribution in [0.5, 0.6) is 0 Å². The van der Waals surface area contributed by atoms with E-state index in [-0.39, 0.29) is 29.9 Å². The molecule has 6 nitrogen and oxygen atoms in total. The molecular formula is C16H20N2O4S. The topological polar surface area (TPSA) is 89.3 Å². The number of hydrogen-bond donors (Lipinski definition) is 1. The van der Waals surface area contributed by atoms with E-state index in [2.05, 4.69) is 10.5 Å². The van der Waals surface area contributed by atoms with E-state index in [0.717, 1.165) is 5.56 Å². The molecule has 0 radical (unpaired) electrons. The van der Waals surface area contributed by atoms with E-state index >= 15 is 0 Å². The lowest BCUT2D eigenvalue weighted by Crippen LogP contribution is -2.28. The Labute approximate surface area is 135 Å². The molecule has 0 saturated heterocycles. The number of aryl methyl sites for hydroxylation is 1. The summed E-state index contributed by atoms with van der Waals surface area (Å²) in [7, 11) is -3.40. The Balaban J connectivity index is 1.83. The number of nitrogens with one attached hydrogen (secondary N) is 1. The summed E-state index contributed by atoms with van der Waals surface area (Å²) in [4.78, 5) is 11.9. The van der Waals surface area contributed by atoms with Crippen LogP contribution < -0.4 is 5.32 Å².